The molecule has 1 aromatic rings. The van der Waals surface area contributed by atoms with Crippen LogP contribution in [0.3, 0.4) is 0 Å². The van der Waals surface area contributed by atoms with E-state index in [2.05, 4.69) is 24.7 Å². The lowest BCUT2D eigenvalue weighted by molar-refractivity contribution is -0.138. The molecule has 2 N–H and O–H groups in total. The van der Waals surface area contributed by atoms with Crippen LogP contribution in [0.5, 0.6) is 11.5 Å². The summed E-state index contributed by atoms with van der Waals surface area (Å²) >= 11 is 1.60. The van der Waals surface area contributed by atoms with E-state index in [4.69, 9.17) is 9.47 Å². The van der Waals surface area contributed by atoms with Gasteiger partial charge in [-0.3, -0.25) is 25.2 Å². The average Bonchev–Trinajstić information content (AvgIpc) is 3.21. The standard InChI is InChI=1S/C21H29N3O5S/c1-13(2)8-10-29-16-6-5-14(11-17(16)28-4)19(26)22-23-20(27)15-12-30-21(3)9-7-18(25)24(15)21/h5-6,11,13,15H,7-10,12H2,1-4H3,(H,22,26)(H,23,27)/t15-,21+/m0/s1. The van der Waals surface area contributed by atoms with Crippen LogP contribution >= 0.6 is 11.8 Å². The SMILES string of the molecule is COc1cc(C(=O)NNC(=O)[C@@H]2CS[C@]3(C)CCC(=O)N23)ccc1OCCC(C)C. The minimum atomic E-state index is -0.582. The molecule has 2 heterocycles. The summed E-state index contributed by atoms with van der Waals surface area (Å²) in [6.07, 6.45) is 2.10. The molecule has 9 heteroatoms. The Morgan fingerprint density at radius 2 is 2.07 bits per heavy atom. The van der Waals surface area contributed by atoms with E-state index in [1.807, 2.05) is 6.92 Å². The van der Waals surface area contributed by atoms with Crippen molar-refractivity contribution < 1.29 is 23.9 Å². The smallest absolute Gasteiger partial charge is 0.269 e. The Bertz CT molecular complexity index is 831. The number of rotatable bonds is 7. The van der Waals surface area contributed by atoms with Crippen molar-refractivity contribution in [2.24, 2.45) is 5.92 Å². The Balaban J connectivity index is 1.58. The predicted molar refractivity (Wildman–Crippen MR) is 114 cm³/mol. The first kappa shape index (κ1) is 22.3. The zero-order valence-corrected chi connectivity index (χ0v) is 18.6. The summed E-state index contributed by atoms with van der Waals surface area (Å²) in [7, 11) is 1.51. The van der Waals surface area contributed by atoms with Crippen LogP contribution in [0.25, 0.3) is 0 Å². The van der Waals surface area contributed by atoms with Gasteiger partial charge in [-0.25, -0.2) is 0 Å². The molecule has 2 saturated heterocycles. The van der Waals surface area contributed by atoms with Crippen LogP contribution in [0.4, 0.5) is 0 Å². The van der Waals surface area contributed by atoms with Gasteiger partial charge in [-0.05, 0) is 43.9 Å². The van der Waals surface area contributed by atoms with Crippen LogP contribution in [-0.4, -0.2) is 53.0 Å². The third-order valence-electron chi connectivity index (χ3n) is 5.43. The molecular weight excluding hydrogens is 406 g/mol. The highest BCUT2D eigenvalue weighted by molar-refractivity contribution is 8.01. The fourth-order valence-electron chi connectivity index (χ4n) is 3.62. The van der Waals surface area contributed by atoms with Crippen molar-refractivity contribution in [2.45, 2.75) is 50.9 Å². The van der Waals surface area contributed by atoms with Crippen LogP contribution < -0.4 is 20.3 Å². The minimum absolute atomic E-state index is 0.0215. The highest BCUT2D eigenvalue weighted by Crippen LogP contribution is 2.47. The second kappa shape index (κ2) is 9.16. The van der Waals surface area contributed by atoms with E-state index >= 15 is 0 Å². The number of nitrogens with one attached hydrogen (secondary N) is 2. The number of thioether (sulfide) groups is 1. The number of carbonyl (C=O) groups is 3. The van der Waals surface area contributed by atoms with Gasteiger partial charge in [-0.1, -0.05) is 13.8 Å². The monoisotopic (exact) mass is 435 g/mol. The maximum absolute atomic E-state index is 12.6. The maximum Gasteiger partial charge on any atom is 0.269 e. The lowest BCUT2D eigenvalue weighted by Gasteiger charge is -2.29. The van der Waals surface area contributed by atoms with Gasteiger partial charge in [0.1, 0.15) is 6.04 Å². The molecular formula is C21H29N3O5S. The topological polar surface area (TPSA) is 97.0 Å². The van der Waals surface area contributed by atoms with Gasteiger partial charge in [-0.15, -0.1) is 11.8 Å². The van der Waals surface area contributed by atoms with Gasteiger partial charge in [0.2, 0.25) is 5.91 Å². The second-order valence-electron chi connectivity index (χ2n) is 8.11. The summed E-state index contributed by atoms with van der Waals surface area (Å²) in [5.74, 6) is 1.16. The molecule has 0 bridgehead atoms. The second-order valence-corrected chi connectivity index (χ2v) is 9.61. The molecule has 0 aromatic heterocycles. The molecule has 0 aliphatic carbocycles. The number of fused-ring (bicyclic) bond motifs is 1. The normalized spacial score (nSPS) is 22.8. The summed E-state index contributed by atoms with van der Waals surface area (Å²) in [4.78, 5) is 38.6. The van der Waals surface area contributed by atoms with Crippen LogP contribution in [0.2, 0.25) is 0 Å². The highest BCUT2D eigenvalue weighted by atomic mass is 32.2. The molecule has 2 aliphatic heterocycles. The molecule has 0 saturated carbocycles. The highest BCUT2D eigenvalue weighted by Gasteiger charge is 2.52. The first-order valence-corrected chi connectivity index (χ1v) is 11.1. The molecule has 1 aromatic carbocycles. The molecule has 8 nitrogen and oxygen atoms in total. The van der Waals surface area contributed by atoms with Crippen molar-refractivity contribution in [1.29, 1.82) is 0 Å². The van der Waals surface area contributed by atoms with Gasteiger partial charge in [-0.2, -0.15) is 0 Å². The van der Waals surface area contributed by atoms with Gasteiger partial charge in [0.25, 0.3) is 11.8 Å². The molecule has 0 unspecified atom stereocenters. The van der Waals surface area contributed by atoms with E-state index in [9.17, 15) is 14.4 Å². The number of carbonyl (C=O) groups excluding carboxylic acids is 3. The van der Waals surface area contributed by atoms with Crippen molar-refractivity contribution in [3.8, 4) is 11.5 Å². The van der Waals surface area contributed by atoms with Crippen LogP contribution in [0.15, 0.2) is 18.2 Å². The van der Waals surface area contributed by atoms with Crippen molar-refractivity contribution >= 4 is 29.5 Å². The Kier molecular flexibility index (Phi) is 6.80. The van der Waals surface area contributed by atoms with E-state index in [1.165, 1.54) is 7.11 Å². The fourth-order valence-corrected chi connectivity index (χ4v) is 5.05. The number of benzene rings is 1. The van der Waals surface area contributed by atoms with Gasteiger partial charge >= 0.3 is 0 Å². The number of ether oxygens (including phenoxy) is 2. The molecule has 2 aliphatic rings. The minimum Gasteiger partial charge on any atom is -0.493 e. The summed E-state index contributed by atoms with van der Waals surface area (Å²) in [6, 6.07) is 4.28. The van der Waals surface area contributed by atoms with Crippen LogP contribution in [0, 0.1) is 5.92 Å². The Morgan fingerprint density at radius 1 is 1.30 bits per heavy atom. The Morgan fingerprint density at radius 3 is 2.77 bits per heavy atom. The van der Waals surface area contributed by atoms with Crippen molar-refractivity contribution in [2.75, 3.05) is 19.5 Å². The fraction of sp³-hybridized carbons (Fsp3) is 0.571. The van der Waals surface area contributed by atoms with Crippen molar-refractivity contribution in [3.63, 3.8) is 0 Å². The number of methoxy groups -OCH3 is 1. The zero-order chi connectivity index (χ0) is 21.9. The Labute approximate surface area is 181 Å². The molecule has 0 spiro atoms. The molecule has 2 atom stereocenters. The lowest BCUT2D eigenvalue weighted by Crippen LogP contribution is -2.54. The number of amides is 3. The number of hydrogen-bond acceptors (Lipinski definition) is 6. The first-order chi connectivity index (χ1) is 14.2. The van der Waals surface area contributed by atoms with E-state index in [-0.39, 0.29) is 10.8 Å². The summed E-state index contributed by atoms with van der Waals surface area (Å²) < 4.78 is 11.1. The molecule has 3 amide bonds. The third kappa shape index (κ3) is 4.66. The van der Waals surface area contributed by atoms with E-state index in [1.54, 1.807) is 34.9 Å². The van der Waals surface area contributed by atoms with Crippen LogP contribution in [0.1, 0.15) is 50.4 Å². The Hall–Kier alpha value is -2.42. The maximum atomic E-state index is 12.6. The van der Waals surface area contributed by atoms with Gasteiger partial charge < -0.3 is 14.4 Å². The van der Waals surface area contributed by atoms with Crippen LogP contribution in [-0.2, 0) is 9.59 Å². The third-order valence-corrected chi connectivity index (χ3v) is 6.93. The molecule has 3 rings (SSSR count). The molecule has 0 radical (unpaired) electrons. The quantitative estimate of drug-likeness (QED) is 0.638. The largest absolute Gasteiger partial charge is 0.493 e. The first-order valence-electron chi connectivity index (χ1n) is 10.1. The van der Waals surface area contributed by atoms with Crippen molar-refractivity contribution in [3.05, 3.63) is 23.8 Å². The predicted octanol–water partition coefficient (Wildman–Crippen LogP) is 2.34. The molecule has 2 fully saturated rings. The molecule has 30 heavy (non-hydrogen) atoms. The van der Waals surface area contributed by atoms with Gasteiger partial charge in [0, 0.05) is 17.7 Å². The number of hydrogen-bond donors (Lipinski definition) is 2. The summed E-state index contributed by atoms with van der Waals surface area (Å²) in [5, 5.41) is 0. The van der Waals surface area contributed by atoms with E-state index in [0.29, 0.717) is 41.8 Å². The molecule has 164 valence electrons. The zero-order valence-electron chi connectivity index (χ0n) is 17.8. The average molecular weight is 436 g/mol. The lowest BCUT2D eigenvalue weighted by atomic mass is 10.1. The van der Waals surface area contributed by atoms with E-state index < -0.39 is 17.9 Å². The summed E-state index contributed by atoms with van der Waals surface area (Å²) in [5.41, 5.74) is 5.21. The van der Waals surface area contributed by atoms with Gasteiger partial charge in [0.15, 0.2) is 11.5 Å². The summed E-state index contributed by atoms with van der Waals surface area (Å²) in [6.45, 7) is 6.77. The number of nitrogens with zero attached hydrogens (tertiary/aromatic N) is 1. The number of hydrazine groups is 1. The van der Waals surface area contributed by atoms with Gasteiger partial charge in [0.05, 0.1) is 18.6 Å². The van der Waals surface area contributed by atoms with E-state index in [0.717, 1.165) is 12.8 Å². The van der Waals surface area contributed by atoms with Crippen molar-refractivity contribution in [1.82, 2.24) is 15.8 Å².